The summed E-state index contributed by atoms with van der Waals surface area (Å²) in [5, 5.41) is 0.491. The van der Waals surface area contributed by atoms with Gasteiger partial charge in [-0.15, -0.1) is 0 Å². The Morgan fingerprint density at radius 1 is 1.21 bits per heavy atom. The molecule has 1 aromatic carbocycles. The van der Waals surface area contributed by atoms with Gasteiger partial charge in [-0.3, -0.25) is 4.55 Å². The van der Waals surface area contributed by atoms with E-state index in [9.17, 15) is 8.42 Å². The molecule has 14 heavy (non-hydrogen) atoms. The van der Waals surface area contributed by atoms with Crippen molar-refractivity contribution < 1.29 is 13.0 Å². The van der Waals surface area contributed by atoms with E-state index >= 15 is 0 Å². The Labute approximate surface area is 111 Å². The summed E-state index contributed by atoms with van der Waals surface area (Å²) in [6.07, 6.45) is 0. The van der Waals surface area contributed by atoms with E-state index in [1.54, 1.807) is 13.8 Å². The van der Waals surface area contributed by atoms with Gasteiger partial charge in [-0.25, -0.2) is 0 Å². The Kier molecular flexibility index (Phi) is 5.11. The predicted molar refractivity (Wildman–Crippen MR) is 56.5 cm³/mol. The van der Waals surface area contributed by atoms with Crippen LogP contribution in [0.25, 0.3) is 0 Å². The molecule has 6 heteroatoms. The summed E-state index contributed by atoms with van der Waals surface area (Å²) in [5.41, 5.74) is 1.07. The fourth-order valence-electron chi connectivity index (χ4n) is 1.03. The van der Waals surface area contributed by atoms with Crippen LogP contribution in [-0.4, -0.2) is 42.5 Å². The van der Waals surface area contributed by atoms with Gasteiger partial charge in [-0.05, 0) is 37.1 Å². The standard InChI is InChI=1S/C8H9ClO3S.Na/c1-5-4-8(13(10,11)12)6(2)3-7(5)9;/h3-4H,1-2H3,(H,10,11,12);. The quantitative estimate of drug-likeness (QED) is 0.605. The first-order valence-corrected chi connectivity index (χ1v) is 5.38. The second kappa shape index (κ2) is 4.96. The number of aryl methyl sites for hydroxylation is 2. The molecule has 1 rings (SSSR count). The van der Waals surface area contributed by atoms with Gasteiger partial charge < -0.3 is 0 Å². The molecule has 0 aliphatic heterocycles. The molecule has 1 N–H and O–H groups in total. The van der Waals surface area contributed by atoms with Crippen molar-refractivity contribution in [3.05, 3.63) is 28.3 Å². The minimum atomic E-state index is -4.13. The van der Waals surface area contributed by atoms with Gasteiger partial charge in [-0.2, -0.15) is 8.42 Å². The number of hydrogen-bond acceptors (Lipinski definition) is 2. The summed E-state index contributed by atoms with van der Waals surface area (Å²) in [7, 11) is -4.13. The Bertz CT molecular complexity index is 442. The average Bonchev–Trinajstić information content (AvgIpc) is 1.94. The fourth-order valence-corrected chi connectivity index (χ4v) is 2.04. The van der Waals surface area contributed by atoms with Crippen molar-refractivity contribution in [1.82, 2.24) is 0 Å². The van der Waals surface area contributed by atoms with Crippen LogP contribution in [0.5, 0.6) is 0 Å². The molecule has 0 aliphatic rings. The topological polar surface area (TPSA) is 54.4 Å². The molecule has 0 aliphatic carbocycles. The second-order valence-corrected chi connectivity index (χ2v) is 4.64. The zero-order valence-corrected chi connectivity index (χ0v) is 11.8. The summed E-state index contributed by atoms with van der Waals surface area (Å²) in [4.78, 5) is -0.0885. The third kappa shape index (κ3) is 3.22. The maximum absolute atomic E-state index is 10.8. The first-order chi connectivity index (χ1) is 5.82. The van der Waals surface area contributed by atoms with Gasteiger partial charge >= 0.3 is 0 Å². The van der Waals surface area contributed by atoms with Crippen LogP contribution < -0.4 is 0 Å². The van der Waals surface area contributed by atoms with Gasteiger partial charge in [0.15, 0.2) is 0 Å². The van der Waals surface area contributed by atoms with Crippen LogP contribution in [0.1, 0.15) is 11.1 Å². The summed E-state index contributed by atoms with van der Waals surface area (Å²) in [6.45, 7) is 3.25. The van der Waals surface area contributed by atoms with Crippen molar-refractivity contribution in [2.24, 2.45) is 0 Å². The van der Waals surface area contributed by atoms with E-state index in [1.807, 2.05) is 0 Å². The third-order valence-corrected chi connectivity index (χ3v) is 3.14. The van der Waals surface area contributed by atoms with Crippen LogP contribution in [0.15, 0.2) is 17.0 Å². The molecule has 73 valence electrons. The number of benzene rings is 1. The monoisotopic (exact) mass is 243 g/mol. The van der Waals surface area contributed by atoms with Crippen molar-refractivity contribution >= 4 is 51.3 Å². The van der Waals surface area contributed by atoms with Crippen LogP contribution in [0.2, 0.25) is 5.02 Å². The molecule has 0 spiro atoms. The van der Waals surface area contributed by atoms with Gasteiger partial charge in [0.2, 0.25) is 0 Å². The largest absolute Gasteiger partial charge is 0.294 e. The van der Waals surface area contributed by atoms with Gasteiger partial charge in [0.25, 0.3) is 10.1 Å². The van der Waals surface area contributed by atoms with Crippen LogP contribution in [0.3, 0.4) is 0 Å². The van der Waals surface area contributed by atoms with Crippen LogP contribution in [0, 0.1) is 13.8 Å². The fraction of sp³-hybridized carbons (Fsp3) is 0.250. The van der Waals surface area contributed by atoms with E-state index in [0.29, 0.717) is 16.1 Å². The molecular weight excluding hydrogens is 235 g/mol. The molecule has 0 amide bonds. The van der Waals surface area contributed by atoms with Gasteiger partial charge in [0.05, 0.1) is 4.90 Å². The van der Waals surface area contributed by atoms with Crippen LogP contribution >= 0.6 is 11.6 Å². The van der Waals surface area contributed by atoms with Crippen molar-refractivity contribution in [2.75, 3.05) is 0 Å². The van der Waals surface area contributed by atoms with Crippen LogP contribution in [0.4, 0.5) is 0 Å². The van der Waals surface area contributed by atoms with E-state index in [4.69, 9.17) is 16.2 Å². The van der Waals surface area contributed by atoms with E-state index in [-0.39, 0.29) is 34.5 Å². The summed E-state index contributed by atoms with van der Waals surface area (Å²) in [6, 6.07) is 2.87. The maximum atomic E-state index is 10.8. The first kappa shape index (κ1) is 14.4. The molecule has 0 bridgehead atoms. The van der Waals surface area contributed by atoms with Crippen molar-refractivity contribution in [1.29, 1.82) is 0 Å². The molecule has 0 heterocycles. The van der Waals surface area contributed by atoms with E-state index < -0.39 is 10.1 Å². The molecule has 0 aromatic heterocycles. The summed E-state index contributed by atoms with van der Waals surface area (Å²) < 4.78 is 30.5. The molecule has 0 fully saturated rings. The summed E-state index contributed by atoms with van der Waals surface area (Å²) in [5.74, 6) is 0. The van der Waals surface area contributed by atoms with Gasteiger partial charge in [0.1, 0.15) is 0 Å². The van der Waals surface area contributed by atoms with E-state index in [2.05, 4.69) is 0 Å². The van der Waals surface area contributed by atoms with E-state index in [1.165, 1.54) is 12.1 Å². The number of halogens is 1. The molecular formula is C8H9ClNaO3S. The molecule has 0 saturated carbocycles. The molecule has 1 aromatic rings. The normalized spacial score (nSPS) is 10.9. The maximum Gasteiger partial charge on any atom is 0.294 e. The molecule has 0 unspecified atom stereocenters. The Morgan fingerprint density at radius 3 is 2.14 bits per heavy atom. The third-order valence-electron chi connectivity index (χ3n) is 1.73. The minimum absolute atomic E-state index is 0. The number of hydrogen-bond donors (Lipinski definition) is 1. The first-order valence-electron chi connectivity index (χ1n) is 3.56. The van der Waals surface area contributed by atoms with Crippen LogP contribution in [-0.2, 0) is 10.1 Å². The Balaban J connectivity index is 0.00000169. The summed E-state index contributed by atoms with van der Waals surface area (Å²) >= 11 is 5.76. The Morgan fingerprint density at radius 2 is 1.71 bits per heavy atom. The van der Waals surface area contributed by atoms with Gasteiger partial charge in [-0.1, -0.05) is 11.6 Å². The van der Waals surface area contributed by atoms with Crippen molar-refractivity contribution in [3.63, 3.8) is 0 Å². The second-order valence-electron chi connectivity index (χ2n) is 2.84. The number of rotatable bonds is 1. The van der Waals surface area contributed by atoms with Crippen molar-refractivity contribution in [2.45, 2.75) is 18.7 Å². The minimum Gasteiger partial charge on any atom is -0.282 e. The molecule has 1 radical (unpaired) electrons. The smallest absolute Gasteiger partial charge is 0.282 e. The predicted octanol–water partition coefficient (Wildman–Crippen LogP) is 1.82. The van der Waals surface area contributed by atoms with Crippen molar-refractivity contribution in [3.8, 4) is 0 Å². The van der Waals surface area contributed by atoms with E-state index in [0.717, 1.165) is 0 Å². The zero-order valence-electron chi connectivity index (χ0n) is 8.20. The SMILES string of the molecule is Cc1cc(S(=O)(=O)O)c(C)cc1Cl.[Na]. The zero-order chi connectivity index (χ0) is 10.2. The average molecular weight is 244 g/mol. The Hall–Kier alpha value is 0.420. The molecule has 0 atom stereocenters. The van der Waals surface area contributed by atoms with Gasteiger partial charge in [0, 0.05) is 34.6 Å². The molecule has 0 saturated heterocycles. The molecule has 3 nitrogen and oxygen atoms in total.